The second-order valence-corrected chi connectivity index (χ2v) is 4.75. The second-order valence-electron chi connectivity index (χ2n) is 4.75. The Labute approximate surface area is 138 Å². The summed E-state index contributed by atoms with van der Waals surface area (Å²) in [7, 11) is 0. The summed E-state index contributed by atoms with van der Waals surface area (Å²) in [5, 5.41) is 4.79. The third-order valence-electron chi connectivity index (χ3n) is 2.84. The van der Waals surface area contributed by atoms with Crippen LogP contribution in [0.2, 0.25) is 0 Å². The van der Waals surface area contributed by atoms with Gasteiger partial charge in [-0.2, -0.15) is 8.78 Å². The zero-order valence-corrected chi connectivity index (χ0v) is 13.3. The highest BCUT2D eigenvalue weighted by Gasteiger charge is 2.12. The topological polar surface area (TPSA) is 103 Å². The molecule has 9 heteroatoms. The highest BCUT2D eigenvalue weighted by molar-refractivity contribution is 5.85. The Morgan fingerprint density at radius 1 is 1.25 bits per heavy atom. The van der Waals surface area contributed by atoms with Crippen molar-refractivity contribution < 1.29 is 27.8 Å². The van der Waals surface area contributed by atoms with Crippen molar-refractivity contribution in [1.82, 2.24) is 10.6 Å². The van der Waals surface area contributed by atoms with Crippen molar-refractivity contribution in [2.75, 3.05) is 19.7 Å². The third-order valence-corrected chi connectivity index (χ3v) is 2.84. The highest BCUT2D eigenvalue weighted by Crippen LogP contribution is 2.26. The molecule has 2 amide bonds. The van der Waals surface area contributed by atoms with Crippen LogP contribution in [0.15, 0.2) is 18.2 Å². The summed E-state index contributed by atoms with van der Waals surface area (Å²) in [6.45, 7) is -1.13. The maximum atomic E-state index is 12.5. The number of nitrogens with two attached hydrogens (primary N) is 1. The number of hydrogen-bond acceptors (Lipinski definition) is 5. The molecule has 0 bridgehead atoms. The smallest absolute Gasteiger partial charge is 0.387 e. The van der Waals surface area contributed by atoms with Gasteiger partial charge in [0.25, 0.3) is 0 Å². The molecular weight excluding hydrogens is 324 g/mol. The number of carbonyl (C=O) groups is 2. The van der Waals surface area contributed by atoms with Gasteiger partial charge >= 0.3 is 6.61 Å². The van der Waals surface area contributed by atoms with Crippen LogP contribution in [0.4, 0.5) is 8.78 Å². The number of benzene rings is 1. The van der Waals surface area contributed by atoms with Crippen molar-refractivity contribution in [3.8, 4) is 11.5 Å². The average molecular weight is 345 g/mol. The monoisotopic (exact) mass is 345 g/mol. The minimum Gasteiger partial charge on any atom is -0.493 e. The lowest BCUT2D eigenvalue weighted by atomic mass is 10.2. The Morgan fingerprint density at radius 3 is 2.62 bits per heavy atom. The molecule has 7 nitrogen and oxygen atoms in total. The molecule has 0 fully saturated rings. The van der Waals surface area contributed by atoms with E-state index in [1.165, 1.54) is 12.1 Å². The summed E-state index contributed by atoms with van der Waals surface area (Å²) in [5.41, 5.74) is 5.45. The molecule has 1 aromatic carbocycles. The van der Waals surface area contributed by atoms with Crippen molar-refractivity contribution in [3.63, 3.8) is 0 Å². The van der Waals surface area contributed by atoms with Gasteiger partial charge in [-0.1, -0.05) is 6.92 Å². The quantitative estimate of drug-likeness (QED) is 0.581. The molecule has 0 atom stereocenters. The van der Waals surface area contributed by atoms with Gasteiger partial charge in [0.2, 0.25) is 11.8 Å². The molecule has 0 spiro atoms. The molecule has 0 unspecified atom stereocenters. The van der Waals surface area contributed by atoms with E-state index in [0.717, 1.165) is 6.42 Å². The number of ether oxygens (including phenoxy) is 2. The van der Waals surface area contributed by atoms with E-state index >= 15 is 0 Å². The van der Waals surface area contributed by atoms with Crippen LogP contribution in [-0.4, -0.2) is 38.1 Å². The molecule has 0 radical (unpaired) electrons. The number of alkyl halides is 2. The number of amides is 2. The fourth-order valence-corrected chi connectivity index (χ4v) is 1.70. The molecule has 0 saturated carbocycles. The van der Waals surface area contributed by atoms with E-state index in [1.807, 2.05) is 6.92 Å². The summed E-state index contributed by atoms with van der Waals surface area (Å²) in [6, 6.07) is 4.48. The van der Waals surface area contributed by atoms with E-state index in [0.29, 0.717) is 17.9 Å². The summed E-state index contributed by atoms with van der Waals surface area (Å²) in [5.74, 6) is -0.627. The third kappa shape index (κ3) is 7.23. The minimum atomic E-state index is -3.00. The SMILES string of the molecule is CCCOc1ccc(CNC(=O)CNC(=O)CN)c(OC(F)F)c1. The molecule has 4 N–H and O–H groups in total. The van der Waals surface area contributed by atoms with Gasteiger partial charge in [-0.3, -0.25) is 9.59 Å². The van der Waals surface area contributed by atoms with Crippen molar-refractivity contribution in [2.45, 2.75) is 26.5 Å². The van der Waals surface area contributed by atoms with Gasteiger partial charge in [0.05, 0.1) is 19.7 Å². The van der Waals surface area contributed by atoms with Crippen LogP contribution < -0.4 is 25.8 Å². The Balaban J connectivity index is 2.67. The van der Waals surface area contributed by atoms with Gasteiger partial charge in [0.1, 0.15) is 11.5 Å². The lowest BCUT2D eigenvalue weighted by Gasteiger charge is -2.14. The van der Waals surface area contributed by atoms with Crippen LogP contribution >= 0.6 is 0 Å². The van der Waals surface area contributed by atoms with Gasteiger partial charge in [0, 0.05) is 18.2 Å². The van der Waals surface area contributed by atoms with E-state index < -0.39 is 18.4 Å². The number of rotatable bonds is 10. The van der Waals surface area contributed by atoms with Crippen LogP contribution in [0.25, 0.3) is 0 Å². The van der Waals surface area contributed by atoms with E-state index in [1.54, 1.807) is 6.07 Å². The van der Waals surface area contributed by atoms with E-state index in [-0.39, 0.29) is 25.4 Å². The van der Waals surface area contributed by atoms with Gasteiger partial charge < -0.3 is 25.8 Å². The Hall–Kier alpha value is -2.42. The fourth-order valence-electron chi connectivity index (χ4n) is 1.70. The molecule has 0 aliphatic carbocycles. The van der Waals surface area contributed by atoms with E-state index in [9.17, 15) is 18.4 Å². The molecule has 1 rings (SSSR count). The summed E-state index contributed by atoms with van der Waals surface area (Å²) in [6.07, 6.45) is 0.775. The van der Waals surface area contributed by atoms with E-state index in [2.05, 4.69) is 15.4 Å². The van der Waals surface area contributed by atoms with Crippen LogP contribution in [0, 0.1) is 0 Å². The van der Waals surface area contributed by atoms with Crippen molar-refractivity contribution in [3.05, 3.63) is 23.8 Å². The first-order chi connectivity index (χ1) is 11.5. The van der Waals surface area contributed by atoms with Gasteiger partial charge in [-0.15, -0.1) is 0 Å². The van der Waals surface area contributed by atoms with Gasteiger partial charge in [-0.05, 0) is 18.6 Å². The molecule has 24 heavy (non-hydrogen) atoms. The standard InChI is InChI=1S/C15H21F2N3O4/c1-2-5-23-11-4-3-10(12(6-11)24-15(16)17)8-19-14(22)9-20-13(21)7-18/h3-4,6,15H,2,5,7-9,18H2,1H3,(H,19,22)(H,20,21). The van der Waals surface area contributed by atoms with Crippen LogP contribution in [0.3, 0.4) is 0 Å². The Morgan fingerprint density at radius 2 is 2.00 bits per heavy atom. The average Bonchev–Trinajstić information content (AvgIpc) is 2.56. The zero-order chi connectivity index (χ0) is 17.9. The molecule has 0 saturated heterocycles. The molecule has 134 valence electrons. The summed E-state index contributed by atoms with van der Waals surface area (Å²) < 4.78 is 34.9. The largest absolute Gasteiger partial charge is 0.493 e. The highest BCUT2D eigenvalue weighted by atomic mass is 19.3. The Kier molecular flexibility index (Phi) is 8.48. The molecule has 0 aliphatic rings. The van der Waals surface area contributed by atoms with Crippen LogP contribution in [0.5, 0.6) is 11.5 Å². The lowest BCUT2D eigenvalue weighted by Crippen LogP contribution is -2.39. The number of hydrogen-bond donors (Lipinski definition) is 3. The first-order valence-corrected chi connectivity index (χ1v) is 7.40. The maximum Gasteiger partial charge on any atom is 0.387 e. The number of carbonyl (C=O) groups excluding carboxylic acids is 2. The fraction of sp³-hybridized carbons (Fsp3) is 0.467. The molecule has 0 aliphatic heterocycles. The van der Waals surface area contributed by atoms with Gasteiger partial charge in [0.15, 0.2) is 0 Å². The summed E-state index contributed by atoms with van der Waals surface area (Å²) in [4.78, 5) is 22.6. The normalized spacial score (nSPS) is 10.4. The molecule has 0 heterocycles. The van der Waals surface area contributed by atoms with Crippen molar-refractivity contribution in [1.29, 1.82) is 0 Å². The molecular formula is C15H21F2N3O4. The molecule has 0 aromatic heterocycles. The second kappa shape index (κ2) is 10.4. The summed E-state index contributed by atoms with van der Waals surface area (Å²) >= 11 is 0. The predicted octanol–water partition coefficient (Wildman–Crippen LogP) is 0.768. The van der Waals surface area contributed by atoms with Crippen molar-refractivity contribution >= 4 is 11.8 Å². The van der Waals surface area contributed by atoms with Crippen LogP contribution in [0.1, 0.15) is 18.9 Å². The number of nitrogens with one attached hydrogen (secondary N) is 2. The lowest BCUT2D eigenvalue weighted by molar-refractivity contribution is -0.125. The number of halogens is 2. The minimum absolute atomic E-state index is 0.0343. The van der Waals surface area contributed by atoms with E-state index in [4.69, 9.17) is 10.5 Å². The zero-order valence-electron chi connectivity index (χ0n) is 13.3. The first kappa shape index (κ1) is 19.6. The van der Waals surface area contributed by atoms with Crippen molar-refractivity contribution in [2.24, 2.45) is 5.73 Å². The predicted molar refractivity (Wildman–Crippen MR) is 82.8 cm³/mol. The first-order valence-electron chi connectivity index (χ1n) is 7.40. The van der Waals surface area contributed by atoms with Gasteiger partial charge in [-0.25, -0.2) is 0 Å². The molecule has 1 aromatic rings. The Bertz CT molecular complexity index is 556. The maximum absolute atomic E-state index is 12.5. The van der Waals surface area contributed by atoms with Crippen LogP contribution in [-0.2, 0) is 16.1 Å².